The molecule has 0 aliphatic carbocycles. The van der Waals surface area contributed by atoms with Gasteiger partial charge < -0.3 is 15.8 Å². The normalized spacial score (nSPS) is 16.3. The van der Waals surface area contributed by atoms with Crippen LogP contribution in [0.25, 0.3) is 0 Å². The third-order valence-corrected chi connectivity index (χ3v) is 4.56. The van der Waals surface area contributed by atoms with Crippen molar-refractivity contribution in [2.75, 3.05) is 38.6 Å². The molecule has 8 heteroatoms. The molecule has 2 aromatic rings. The minimum atomic E-state index is -0.264. The lowest BCUT2D eigenvalue weighted by Gasteiger charge is -2.34. The highest BCUT2D eigenvalue weighted by atomic mass is 16.5. The number of nitrogens with zero attached hydrogens (tertiary/aromatic N) is 4. The van der Waals surface area contributed by atoms with E-state index in [-0.39, 0.29) is 29.5 Å². The number of rotatable bonds is 6. The van der Waals surface area contributed by atoms with Gasteiger partial charge in [-0.2, -0.15) is 0 Å². The Kier molecular flexibility index (Phi) is 6.31. The number of hydrogen-bond donors (Lipinski definition) is 2. The molecule has 0 aromatic carbocycles. The molecule has 1 aliphatic rings. The smallest absolute Gasteiger partial charge is 0.270 e. The Balaban J connectivity index is 1.74. The van der Waals surface area contributed by atoms with Crippen LogP contribution in [-0.4, -0.2) is 58.6 Å². The lowest BCUT2D eigenvalue weighted by atomic mass is 10.1. The molecular formula is C19H26N6O2. The SMILES string of the molecule is CC(C)c1cc(C(=O)NC[C@H](c2ccccn2)N2CCOCC2)nc(N)n1. The Morgan fingerprint density at radius 2 is 2.04 bits per heavy atom. The van der Waals surface area contributed by atoms with Crippen LogP contribution in [-0.2, 0) is 4.74 Å². The zero-order valence-corrected chi connectivity index (χ0v) is 15.8. The zero-order valence-electron chi connectivity index (χ0n) is 15.8. The van der Waals surface area contributed by atoms with Crippen LogP contribution in [0.4, 0.5) is 5.95 Å². The van der Waals surface area contributed by atoms with Crippen molar-refractivity contribution in [1.82, 2.24) is 25.2 Å². The number of nitrogens with two attached hydrogens (primary N) is 1. The highest BCUT2D eigenvalue weighted by molar-refractivity contribution is 5.92. The van der Waals surface area contributed by atoms with Gasteiger partial charge in [0, 0.05) is 31.5 Å². The van der Waals surface area contributed by atoms with Gasteiger partial charge in [-0.25, -0.2) is 9.97 Å². The van der Waals surface area contributed by atoms with Crippen LogP contribution in [0.15, 0.2) is 30.5 Å². The van der Waals surface area contributed by atoms with Gasteiger partial charge >= 0.3 is 0 Å². The number of morpholine rings is 1. The van der Waals surface area contributed by atoms with Gasteiger partial charge in [-0.1, -0.05) is 19.9 Å². The maximum atomic E-state index is 12.7. The monoisotopic (exact) mass is 370 g/mol. The Hall–Kier alpha value is -2.58. The summed E-state index contributed by atoms with van der Waals surface area (Å²) in [4.78, 5) is 27.7. The number of carbonyl (C=O) groups excluding carboxylic acids is 1. The van der Waals surface area contributed by atoms with E-state index in [4.69, 9.17) is 10.5 Å². The zero-order chi connectivity index (χ0) is 19.2. The minimum Gasteiger partial charge on any atom is -0.379 e. The molecule has 1 amide bonds. The highest BCUT2D eigenvalue weighted by Crippen LogP contribution is 2.19. The first-order chi connectivity index (χ1) is 13.0. The van der Waals surface area contributed by atoms with Crippen molar-refractivity contribution < 1.29 is 9.53 Å². The van der Waals surface area contributed by atoms with Gasteiger partial charge in [0.1, 0.15) is 5.69 Å². The number of aromatic nitrogens is 3. The number of pyridine rings is 1. The molecule has 2 aromatic heterocycles. The molecular weight excluding hydrogens is 344 g/mol. The number of carbonyl (C=O) groups is 1. The van der Waals surface area contributed by atoms with Gasteiger partial charge in [0.05, 0.1) is 24.9 Å². The first kappa shape index (κ1) is 19.2. The fraction of sp³-hybridized carbons (Fsp3) is 0.474. The van der Waals surface area contributed by atoms with Gasteiger partial charge in [0.2, 0.25) is 5.95 Å². The number of anilines is 1. The Bertz CT molecular complexity index is 762. The largest absolute Gasteiger partial charge is 0.379 e. The molecule has 0 spiro atoms. The lowest BCUT2D eigenvalue weighted by molar-refractivity contribution is 0.0153. The van der Waals surface area contributed by atoms with E-state index in [0.717, 1.165) is 24.5 Å². The van der Waals surface area contributed by atoms with E-state index >= 15 is 0 Å². The van der Waals surface area contributed by atoms with Gasteiger partial charge in [0.15, 0.2) is 0 Å². The molecule has 27 heavy (non-hydrogen) atoms. The standard InChI is InChI=1S/C19H26N6O2/c1-13(2)15-11-16(24-19(20)23-15)18(26)22-12-17(14-5-3-4-6-21-14)25-7-9-27-10-8-25/h3-6,11,13,17H,7-10,12H2,1-2H3,(H,22,26)(H2,20,23,24)/t17-/m1/s1. The van der Waals surface area contributed by atoms with E-state index in [1.165, 1.54) is 0 Å². The average Bonchev–Trinajstić information content (AvgIpc) is 2.69. The van der Waals surface area contributed by atoms with E-state index in [1.54, 1.807) is 12.3 Å². The maximum absolute atomic E-state index is 12.7. The van der Waals surface area contributed by atoms with Crippen molar-refractivity contribution in [3.05, 3.63) is 47.5 Å². The third kappa shape index (κ3) is 4.99. The second kappa shape index (κ2) is 8.88. The molecule has 0 saturated carbocycles. The van der Waals surface area contributed by atoms with Crippen LogP contribution < -0.4 is 11.1 Å². The summed E-state index contributed by atoms with van der Waals surface area (Å²) in [5.74, 6) is 0.0115. The number of nitrogens with one attached hydrogen (secondary N) is 1. The molecule has 3 N–H and O–H groups in total. The molecule has 1 fully saturated rings. The Morgan fingerprint density at radius 1 is 1.26 bits per heavy atom. The van der Waals surface area contributed by atoms with E-state index < -0.39 is 0 Å². The number of nitrogen functional groups attached to an aromatic ring is 1. The summed E-state index contributed by atoms with van der Waals surface area (Å²) < 4.78 is 5.45. The van der Waals surface area contributed by atoms with Gasteiger partial charge in [-0.05, 0) is 24.1 Å². The number of ether oxygens (including phenoxy) is 1. The fourth-order valence-corrected chi connectivity index (χ4v) is 3.06. The minimum absolute atomic E-state index is 0.0252. The van der Waals surface area contributed by atoms with Crippen LogP contribution in [0.5, 0.6) is 0 Å². The van der Waals surface area contributed by atoms with Crippen LogP contribution in [0, 0.1) is 0 Å². The first-order valence-electron chi connectivity index (χ1n) is 9.20. The molecule has 144 valence electrons. The van der Waals surface area contributed by atoms with E-state index in [0.29, 0.717) is 19.8 Å². The number of amides is 1. The van der Waals surface area contributed by atoms with Gasteiger partial charge in [0.25, 0.3) is 5.91 Å². The lowest BCUT2D eigenvalue weighted by Crippen LogP contribution is -2.44. The molecule has 1 saturated heterocycles. The molecule has 1 aliphatic heterocycles. The van der Waals surface area contributed by atoms with Crippen LogP contribution in [0.2, 0.25) is 0 Å². The van der Waals surface area contributed by atoms with Gasteiger partial charge in [-0.15, -0.1) is 0 Å². The molecule has 8 nitrogen and oxygen atoms in total. The summed E-state index contributed by atoms with van der Waals surface area (Å²) >= 11 is 0. The Morgan fingerprint density at radius 3 is 2.70 bits per heavy atom. The third-order valence-electron chi connectivity index (χ3n) is 4.56. The summed E-state index contributed by atoms with van der Waals surface area (Å²) in [5.41, 5.74) is 7.72. The topological polar surface area (TPSA) is 106 Å². The molecule has 3 rings (SSSR count). The van der Waals surface area contributed by atoms with Crippen molar-refractivity contribution in [2.45, 2.75) is 25.8 Å². The number of hydrogen-bond acceptors (Lipinski definition) is 7. The van der Waals surface area contributed by atoms with Crippen molar-refractivity contribution in [3.63, 3.8) is 0 Å². The maximum Gasteiger partial charge on any atom is 0.270 e. The molecule has 1 atom stereocenters. The van der Waals surface area contributed by atoms with Crippen molar-refractivity contribution in [1.29, 1.82) is 0 Å². The quantitative estimate of drug-likeness (QED) is 0.791. The second-order valence-electron chi connectivity index (χ2n) is 6.82. The van der Waals surface area contributed by atoms with Crippen molar-refractivity contribution >= 4 is 11.9 Å². The molecule has 0 bridgehead atoms. The molecule has 0 unspecified atom stereocenters. The summed E-state index contributed by atoms with van der Waals surface area (Å²) in [6.45, 7) is 7.38. The van der Waals surface area contributed by atoms with E-state index in [1.807, 2.05) is 32.0 Å². The summed E-state index contributed by atoms with van der Waals surface area (Å²) in [7, 11) is 0. The summed E-state index contributed by atoms with van der Waals surface area (Å²) in [5, 5.41) is 2.98. The fourth-order valence-electron chi connectivity index (χ4n) is 3.06. The van der Waals surface area contributed by atoms with Crippen molar-refractivity contribution in [3.8, 4) is 0 Å². The predicted octanol–water partition coefficient (Wildman–Crippen LogP) is 1.38. The summed E-state index contributed by atoms with van der Waals surface area (Å²) in [6.07, 6.45) is 1.77. The van der Waals surface area contributed by atoms with E-state index in [9.17, 15) is 4.79 Å². The second-order valence-corrected chi connectivity index (χ2v) is 6.82. The van der Waals surface area contributed by atoms with Crippen molar-refractivity contribution in [2.24, 2.45) is 0 Å². The van der Waals surface area contributed by atoms with Crippen LogP contribution in [0.3, 0.4) is 0 Å². The average molecular weight is 370 g/mol. The summed E-state index contributed by atoms with van der Waals surface area (Å²) in [6, 6.07) is 7.49. The Labute approximate surface area is 159 Å². The predicted molar refractivity (Wildman–Crippen MR) is 102 cm³/mol. The molecule has 0 radical (unpaired) electrons. The van der Waals surface area contributed by atoms with E-state index in [2.05, 4.69) is 25.2 Å². The van der Waals surface area contributed by atoms with Crippen LogP contribution >= 0.6 is 0 Å². The highest BCUT2D eigenvalue weighted by Gasteiger charge is 2.24. The van der Waals surface area contributed by atoms with Crippen LogP contribution in [0.1, 0.15) is 47.7 Å². The first-order valence-corrected chi connectivity index (χ1v) is 9.20. The van der Waals surface area contributed by atoms with Gasteiger partial charge in [-0.3, -0.25) is 14.7 Å². The molecule has 3 heterocycles.